The molecule has 2 aromatic carbocycles. The second-order valence-electron chi connectivity index (χ2n) is 7.82. The van der Waals surface area contributed by atoms with E-state index in [1.807, 2.05) is 52.0 Å². The number of hydrogen-bond donors (Lipinski definition) is 2. The van der Waals surface area contributed by atoms with Gasteiger partial charge < -0.3 is 10.6 Å². The lowest BCUT2D eigenvalue weighted by atomic mass is 10.0. The molecule has 1 heterocycles. The van der Waals surface area contributed by atoms with Crippen molar-refractivity contribution in [1.82, 2.24) is 9.62 Å². The molecule has 0 aliphatic carbocycles. The Morgan fingerprint density at radius 2 is 1.52 bits per heavy atom. The Balaban J connectivity index is 1.68. The summed E-state index contributed by atoms with van der Waals surface area (Å²) in [4.78, 5) is 4.67. The Bertz CT molecular complexity index is 941. The van der Waals surface area contributed by atoms with Crippen LogP contribution in [0.2, 0.25) is 0 Å². The van der Waals surface area contributed by atoms with Gasteiger partial charge in [-0.15, -0.1) is 0 Å². The molecular formula is C22H30N4O2S. The van der Waals surface area contributed by atoms with Gasteiger partial charge in [0.25, 0.3) is 0 Å². The molecule has 1 aliphatic heterocycles. The van der Waals surface area contributed by atoms with Crippen LogP contribution in [-0.4, -0.2) is 43.9 Å². The van der Waals surface area contributed by atoms with Crippen molar-refractivity contribution < 1.29 is 8.42 Å². The summed E-state index contributed by atoms with van der Waals surface area (Å²) in [6.07, 6.45) is 0.748. The Kier molecular flexibility index (Phi) is 6.59. The monoisotopic (exact) mass is 414 g/mol. The van der Waals surface area contributed by atoms with Crippen molar-refractivity contribution in [3.8, 4) is 0 Å². The summed E-state index contributed by atoms with van der Waals surface area (Å²) >= 11 is 0. The predicted molar refractivity (Wildman–Crippen MR) is 119 cm³/mol. The molecule has 156 valence electrons. The largest absolute Gasteiger partial charge is 0.354 e. The van der Waals surface area contributed by atoms with Crippen molar-refractivity contribution in [2.75, 3.05) is 18.4 Å². The van der Waals surface area contributed by atoms with E-state index in [-0.39, 0.29) is 12.1 Å². The van der Waals surface area contributed by atoms with Gasteiger partial charge in [0.1, 0.15) is 0 Å². The van der Waals surface area contributed by atoms with E-state index in [1.54, 1.807) is 16.4 Å². The minimum atomic E-state index is -3.50. The first kappa shape index (κ1) is 21.3. The minimum Gasteiger partial charge on any atom is -0.354 e. The molecule has 0 atom stereocenters. The third kappa shape index (κ3) is 5.16. The quantitative estimate of drug-likeness (QED) is 0.728. The number of benzene rings is 2. The first-order chi connectivity index (χ1) is 13.8. The van der Waals surface area contributed by atoms with Crippen molar-refractivity contribution >= 4 is 21.7 Å². The van der Waals surface area contributed by atoms with E-state index in [1.165, 1.54) is 5.56 Å². The third-order valence-electron chi connectivity index (χ3n) is 4.82. The Morgan fingerprint density at radius 1 is 0.966 bits per heavy atom. The van der Waals surface area contributed by atoms with Crippen LogP contribution in [0.3, 0.4) is 0 Å². The molecule has 2 aromatic rings. The van der Waals surface area contributed by atoms with Crippen molar-refractivity contribution in [2.45, 2.75) is 51.1 Å². The molecule has 0 amide bonds. The highest BCUT2D eigenvalue weighted by atomic mass is 32.2. The van der Waals surface area contributed by atoms with Crippen LogP contribution in [-0.2, 0) is 16.4 Å². The maximum atomic E-state index is 13.0. The molecule has 0 aromatic heterocycles. The number of nitrogens with zero attached hydrogens (tertiary/aromatic N) is 2. The second kappa shape index (κ2) is 8.97. The fourth-order valence-corrected chi connectivity index (χ4v) is 5.45. The van der Waals surface area contributed by atoms with Gasteiger partial charge in [-0.25, -0.2) is 8.42 Å². The molecule has 7 heteroatoms. The molecule has 6 nitrogen and oxygen atoms in total. The first-order valence-corrected chi connectivity index (χ1v) is 11.5. The maximum Gasteiger partial charge on any atom is 0.243 e. The van der Waals surface area contributed by atoms with Crippen molar-refractivity contribution in [3.63, 3.8) is 0 Å². The van der Waals surface area contributed by atoms with E-state index in [0.717, 1.165) is 36.7 Å². The van der Waals surface area contributed by atoms with Crippen LogP contribution >= 0.6 is 0 Å². The van der Waals surface area contributed by atoms with E-state index < -0.39 is 10.0 Å². The smallest absolute Gasteiger partial charge is 0.243 e. The predicted octanol–water partition coefficient (Wildman–Crippen LogP) is 3.46. The highest BCUT2D eigenvalue weighted by Crippen LogP contribution is 2.22. The molecule has 0 bridgehead atoms. The topological polar surface area (TPSA) is 73.8 Å². The molecule has 3 rings (SSSR count). The van der Waals surface area contributed by atoms with E-state index in [4.69, 9.17) is 0 Å². The Morgan fingerprint density at radius 3 is 2.00 bits per heavy atom. The summed E-state index contributed by atoms with van der Waals surface area (Å²) < 4.78 is 27.5. The highest BCUT2D eigenvalue weighted by molar-refractivity contribution is 7.89. The lowest BCUT2D eigenvalue weighted by Crippen LogP contribution is -2.41. The zero-order valence-corrected chi connectivity index (χ0v) is 18.3. The van der Waals surface area contributed by atoms with Crippen LogP contribution in [0.25, 0.3) is 0 Å². The minimum absolute atomic E-state index is 0.0859. The van der Waals surface area contributed by atoms with Crippen LogP contribution < -0.4 is 10.6 Å². The molecule has 0 unspecified atom stereocenters. The number of rotatable bonds is 7. The van der Waals surface area contributed by atoms with E-state index in [2.05, 4.69) is 27.8 Å². The molecule has 0 radical (unpaired) electrons. The molecular weight excluding hydrogens is 384 g/mol. The molecule has 2 N–H and O–H groups in total. The van der Waals surface area contributed by atoms with Gasteiger partial charge in [0.15, 0.2) is 5.96 Å². The summed E-state index contributed by atoms with van der Waals surface area (Å²) in [5.41, 5.74) is 3.23. The summed E-state index contributed by atoms with van der Waals surface area (Å²) in [5, 5.41) is 6.44. The third-order valence-corrected chi connectivity index (χ3v) is 7.08. The molecule has 29 heavy (non-hydrogen) atoms. The number of sulfonamides is 1. The van der Waals surface area contributed by atoms with E-state index in [0.29, 0.717) is 4.90 Å². The zero-order chi connectivity index (χ0) is 21.0. The number of anilines is 1. The summed E-state index contributed by atoms with van der Waals surface area (Å²) in [6.45, 7) is 9.29. The van der Waals surface area contributed by atoms with E-state index >= 15 is 0 Å². The standard InChI is InChI=1S/C22H30N4O2S/c1-16(2)26(17(3)4)29(27,28)21-11-7-19(8-12-21)15-18-5-9-20(10-6-18)25-22-23-13-14-24-22/h5-12,16-17H,13-15H2,1-4H3,(H2,23,24,25). The fraction of sp³-hybridized carbons (Fsp3) is 0.409. The normalized spacial score (nSPS) is 14.4. The van der Waals surface area contributed by atoms with Crippen molar-refractivity contribution in [1.29, 1.82) is 0 Å². The SMILES string of the molecule is CC(C)N(C(C)C)S(=O)(=O)c1ccc(Cc2ccc(NC3=NCCN3)cc2)cc1. The van der Waals surface area contributed by atoms with Gasteiger partial charge in [0.05, 0.1) is 11.4 Å². The number of aliphatic imine (C=N–C) groups is 1. The lowest BCUT2D eigenvalue weighted by Gasteiger charge is -2.29. The van der Waals surface area contributed by atoms with Crippen LogP contribution in [0.1, 0.15) is 38.8 Å². The lowest BCUT2D eigenvalue weighted by molar-refractivity contribution is 0.302. The summed E-state index contributed by atoms with van der Waals surface area (Å²) in [7, 11) is -3.50. The average molecular weight is 415 g/mol. The van der Waals surface area contributed by atoms with Gasteiger partial charge in [-0.2, -0.15) is 4.31 Å². The first-order valence-electron chi connectivity index (χ1n) is 10.0. The number of guanidine groups is 1. The van der Waals surface area contributed by atoms with E-state index in [9.17, 15) is 8.42 Å². The maximum absolute atomic E-state index is 13.0. The molecule has 0 saturated carbocycles. The van der Waals surface area contributed by atoms with Crippen LogP contribution in [0, 0.1) is 0 Å². The Labute approximate surface area is 174 Å². The molecule has 0 saturated heterocycles. The van der Waals surface area contributed by atoms with Crippen LogP contribution in [0.5, 0.6) is 0 Å². The fourth-order valence-electron chi connectivity index (χ4n) is 3.61. The van der Waals surface area contributed by atoms with Gasteiger partial charge in [-0.3, -0.25) is 4.99 Å². The number of nitrogens with one attached hydrogen (secondary N) is 2. The average Bonchev–Trinajstić information content (AvgIpc) is 3.16. The van der Waals surface area contributed by atoms with Crippen LogP contribution in [0.4, 0.5) is 5.69 Å². The second-order valence-corrected chi connectivity index (χ2v) is 9.67. The van der Waals surface area contributed by atoms with Gasteiger partial charge in [0, 0.05) is 24.3 Å². The van der Waals surface area contributed by atoms with Gasteiger partial charge >= 0.3 is 0 Å². The van der Waals surface area contributed by atoms with Gasteiger partial charge in [-0.1, -0.05) is 24.3 Å². The number of hydrogen-bond acceptors (Lipinski definition) is 5. The highest BCUT2D eigenvalue weighted by Gasteiger charge is 2.29. The Hall–Kier alpha value is -2.38. The molecule has 1 aliphatic rings. The van der Waals surface area contributed by atoms with Crippen molar-refractivity contribution in [2.24, 2.45) is 4.99 Å². The van der Waals surface area contributed by atoms with Gasteiger partial charge in [-0.05, 0) is 69.5 Å². The summed E-state index contributed by atoms with van der Waals surface area (Å²) in [5.74, 6) is 0.811. The van der Waals surface area contributed by atoms with Gasteiger partial charge in [0.2, 0.25) is 10.0 Å². The van der Waals surface area contributed by atoms with Crippen LogP contribution in [0.15, 0.2) is 58.4 Å². The van der Waals surface area contributed by atoms with Crippen molar-refractivity contribution in [3.05, 3.63) is 59.7 Å². The molecule has 0 fully saturated rings. The zero-order valence-electron chi connectivity index (χ0n) is 17.5. The molecule has 0 spiro atoms. The summed E-state index contributed by atoms with van der Waals surface area (Å²) in [6, 6.07) is 15.2.